The smallest absolute Gasteiger partial charge is 0.125 e. The molecular formula is C14H23FN2. The summed E-state index contributed by atoms with van der Waals surface area (Å²) in [5.41, 5.74) is 7.33. The highest BCUT2D eigenvalue weighted by Crippen LogP contribution is 2.18. The number of nitrogens with two attached hydrogens (primary N) is 1. The van der Waals surface area contributed by atoms with Crippen LogP contribution in [0.4, 0.5) is 10.1 Å². The maximum atomic E-state index is 12.9. The molecule has 0 saturated heterocycles. The van der Waals surface area contributed by atoms with E-state index in [1.807, 2.05) is 0 Å². The first-order valence-electron chi connectivity index (χ1n) is 6.14. The van der Waals surface area contributed by atoms with Gasteiger partial charge in [0.1, 0.15) is 5.82 Å². The average molecular weight is 238 g/mol. The molecule has 0 aromatic heterocycles. The van der Waals surface area contributed by atoms with Gasteiger partial charge >= 0.3 is 0 Å². The summed E-state index contributed by atoms with van der Waals surface area (Å²) in [6.07, 6.45) is 1.15. The number of anilines is 1. The number of benzene rings is 1. The Morgan fingerprint density at radius 3 is 2.47 bits per heavy atom. The summed E-state index contributed by atoms with van der Waals surface area (Å²) in [5, 5.41) is 0. The van der Waals surface area contributed by atoms with Gasteiger partial charge in [0.25, 0.3) is 0 Å². The molecular weight excluding hydrogens is 215 g/mol. The molecule has 0 fully saturated rings. The minimum atomic E-state index is -0.274. The molecule has 1 aromatic carbocycles. The summed E-state index contributed by atoms with van der Waals surface area (Å²) in [6.45, 7) is 7.41. The number of halogens is 1. The van der Waals surface area contributed by atoms with Crippen molar-refractivity contribution in [2.75, 3.05) is 12.8 Å². The second-order valence-corrected chi connectivity index (χ2v) is 5.24. The predicted molar refractivity (Wildman–Crippen MR) is 71.2 cm³/mol. The maximum absolute atomic E-state index is 12.9. The Morgan fingerprint density at radius 1 is 1.29 bits per heavy atom. The van der Waals surface area contributed by atoms with Crippen LogP contribution in [-0.4, -0.2) is 18.0 Å². The van der Waals surface area contributed by atoms with E-state index in [4.69, 9.17) is 5.73 Å². The van der Waals surface area contributed by atoms with Crippen LogP contribution in [0.25, 0.3) is 0 Å². The Hall–Kier alpha value is -1.09. The van der Waals surface area contributed by atoms with Crippen LogP contribution >= 0.6 is 0 Å². The lowest BCUT2D eigenvalue weighted by Crippen LogP contribution is -2.30. The highest BCUT2D eigenvalue weighted by Gasteiger charge is 2.12. The zero-order valence-corrected chi connectivity index (χ0v) is 11.2. The molecule has 1 rings (SSSR count). The first kappa shape index (κ1) is 14.0. The first-order chi connectivity index (χ1) is 7.90. The zero-order valence-electron chi connectivity index (χ0n) is 11.2. The molecule has 0 amide bonds. The summed E-state index contributed by atoms with van der Waals surface area (Å²) in [7, 11) is 2.08. The topological polar surface area (TPSA) is 29.3 Å². The van der Waals surface area contributed by atoms with Gasteiger partial charge in [-0.25, -0.2) is 4.39 Å². The van der Waals surface area contributed by atoms with Gasteiger partial charge in [-0.2, -0.15) is 0 Å². The van der Waals surface area contributed by atoms with Crippen LogP contribution in [0.2, 0.25) is 0 Å². The van der Waals surface area contributed by atoms with Crippen molar-refractivity contribution in [3.63, 3.8) is 0 Å². The minimum Gasteiger partial charge on any atom is -0.398 e. The van der Waals surface area contributed by atoms with Crippen molar-refractivity contribution >= 4 is 5.69 Å². The maximum Gasteiger partial charge on any atom is 0.125 e. The van der Waals surface area contributed by atoms with Crippen LogP contribution in [-0.2, 0) is 6.54 Å². The van der Waals surface area contributed by atoms with Crippen molar-refractivity contribution in [2.45, 2.75) is 39.8 Å². The molecule has 1 aromatic rings. The van der Waals surface area contributed by atoms with E-state index < -0.39 is 0 Å². The molecule has 0 bridgehead atoms. The fraction of sp³-hybridized carbons (Fsp3) is 0.571. The van der Waals surface area contributed by atoms with Crippen molar-refractivity contribution < 1.29 is 4.39 Å². The Morgan fingerprint density at radius 2 is 1.94 bits per heavy atom. The zero-order chi connectivity index (χ0) is 13.0. The molecule has 2 nitrogen and oxygen atoms in total. The number of hydrogen-bond acceptors (Lipinski definition) is 2. The highest BCUT2D eigenvalue weighted by atomic mass is 19.1. The van der Waals surface area contributed by atoms with Gasteiger partial charge in [-0.1, -0.05) is 19.9 Å². The number of hydrogen-bond donors (Lipinski definition) is 1. The number of nitrogen functional groups attached to an aromatic ring is 1. The second kappa shape index (κ2) is 6.01. The van der Waals surface area contributed by atoms with Gasteiger partial charge in [-0.05, 0) is 44.0 Å². The SMILES string of the molecule is CC(C)CC(C)N(C)Cc1ccc(F)cc1N. The molecule has 17 heavy (non-hydrogen) atoms. The van der Waals surface area contributed by atoms with E-state index in [-0.39, 0.29) is 5.82 Å². The van der Waals surface area contributed by atoms with Crippen molar-refractivity contribution in [3.8, 4) is 0 Å². The predicted octanol–water partition coefficient (Wildman–Crippen LogP) is 3.27. The van der Waals surface area contributed by atoms with Crippen LogP contribution in [0.15, 0.2) is 18.2 Å². The lowest BCUT2D eigenvalue weighted by atomic mass is 10.0. The largest absolute Gasteiger partial charge is 0.398 e. The third-order valence-corrected chi connectivity index (χ3v) is 3.09. The molecule has 1 atom stereocenters. The monoisotopic (exact) mass is 238 g/mol. The molecule has 0 heterocycles. The van der Waals surface area contributed by atoms with E-state index in [1.54, 1.807) is 6.07 Å². The number of nitrogens with zero attached hydrogens (tertiary/aromatic N) is 1. The molecule has 0 aliphatic carbocycles. The molecule has 2 N–H and O–H groups in total. The third kappa shape index (κ3) is 4.35. The highest BCUT2D eigenvalue weighted by molar-refractivity contribution is 5.46. The summed E-state index contributed by atoms with van der Waals surface area (Å²) < 4.78 is 12.9. The van der Waals surface area contributed by atoms with Gasteiger partial charge in [0.05, 0.1) is 0 Å². The van der Waals surface area contributed by atoms with E-state index in [0.29, 0.717) is 17.6 Å². The third-order valence-electron chi connectivity index (χ3n) is 3.09. The van der Waals surface area contributed by atoms with Crippen molar-refractivity contribution in [1.29, 1.82) is 0 Å². The summed E-state index contributed by atoms with van der Waals surface area (Å²) in [6, 6.07) is 5.12. The molecule has 3 heteroatoms. The Bertz CT molecular complexity index is 363. The summed E-state index contributed by atoms with van der Waals surface area (Å²) in [5.74, 6) is 0.405. The number of rotatable bonds is 5. The van der Waals surface area contributed by atoms with Gasteiger partial charge in [0.15, 0.2) is 0 Å². The minimum absolute atomic E-state index is 0.274. The Labute approximate surface area is 104 Å². The molecule has 0 saturated carbocycles. The van der Waals surface area contributed by atoms with Gasteiger partial charge in [0, 0.05) is 18.3 Å². The van der Waals surface area contributed by atoms with Crippen LogP contribution in [0, 0.1) is 11.7 Å². The first-order valence-corrected chi connectivity index (χ1v) is 6.14. The van der Waals surface area contributed by atoms with Gasteiger partial charge < -0.3 is 5.73 Å². The van der Waals surface area contributed by atoms with Crippen LogP contribution in [0.5, 0.6) is 0 Å². The Kier molecular flexibility index (Phi) is 4.94. The van der Waals surface area contributed by atoms with Gasteiger partial charge in [-0.15, -0.1) is 0 Å². The summed E-state index contributed by atoms with van der Waals surface area (Å²) >= 11 is 0. The van der Waals surface area contributed by atoms with E-state index in [1.165, 1.54) is 12.1 Å². The summed E-state index contributed by atoms with van der Waals surface area (Å²) in [4.78, 5) is 2.25. The fourth-order valence-electron chi connectivity index (χ4n) is 2.00. The molecule has 96 valence electrons. The fourth-order valence-corrected chi connectivity index (χ4v) is 2.00. The van der Waals surface area contributed by atoms with E-state index in [2.05, 4.69) is 32.7 Å². The Balaban J connectivity index is 2.64. The normalized spacial score (nSPS) is 13.4. The van der Waals surface area contributed by atoms with Crippen LogP contribution in [0.1, 0.15) is 32.8 Å². The quantitative estimate of drug-likeness (QED) is 0.798. The molecule has 0 spiro atoms. The molecule has 0 radical (unpaired) electrons. The van der Waals surface area contributed by atoms with E-state index >= 15 is 0 Å². The average Bonchev–Trinajstić information content (AvgIpc) is 2.21. The molecule has 0 aliphatic rings. The van der Waals surface area contributed by atoms with Gasteiger partial charge in [-0.3, -0.25) is 4.90 Å². The molecule has 1 unspecified atom stereocenters. The van der Waals surface area contributed by atoms with Crippen molar-refractivity contribution in [2.24, 2.45) is 5.92 Å². The standard InChI is InChI=1S/C14H23FN2/c1-10(2)7-11(3)17(4)9-12-5-6-13(15)8-14(12)16/h5-6,8,10-11H,7,9,16H2,1-4H3. The second-order valence-electron chi connectivity index (χ2n) is 5.24. The van der Waals surface area contributed by atoms with Crippen molar-refractivity contribution in [3.05, 3.63) is 29.6 Å². The lowest BCUT2D eigenvalue weighted by molar-refractivity contribution is 0.221. The van der Waals surface area contributed by atoms with Gasteiger partial charge in [0.2, 0.25) is 0 Å². The molecule has 0 aliphatic heterocycles. The van der Waals surface area contributed by atoms with Crippen LogP contribution < -0.4 is 5.73 Å². The van der Waals surface area contributed by atoms with Crippen LogP contribution in [0.3, 0.4) is 0 Å². The van der Waals surface area contributed by atoms with E-state index in [9.17, 15) is 4.39 Å². The van der Waals surface area contributed by atoms with Crippen molar-refractivity contribution in [1.82, 2.24) is 4.90 Å². The lowest BCUT2D eigenvalue weighted by Gasteiger charge is -2.26. The van der Waals surface area contributed by atoms with E-state index in [0.717, 1.165) is 18.5 Å².